The van der Waals surface area contributed by atoms with Crippen LogP contribution >= 0.6 is 0 Å². The SMILES string of the molecule is CCc1ccc(OCc2ccccc2OC(=O)OC)c(C2CC2)c1. The standard InChI is InChI=1S/C20H22O4/c1-3-14-8-11-19(17(12-14)15-9-10-15)23-13-16-6-4-5-7-18(16)24-20(21)22-2/h4-8,11-12,15H,3,9-10,13H2,1-2H3. The van der Waals surface area contributed by atoms with Crippen molar-refractivity contribution in [2.75, 3.05) is 7.11 Å². The first kappa shape index (κ1) is 16.4. The van der Waals surface area contributed by atoms with Crippen LogP contribution in [0.15, 0.2) is 42.5 Å². The lowest BCUT2D eigenvalue weighted by molar-refractivity contribution is 0.120. The fourth-order valence-corrected chi connectivity index (χ4v) is 2.67. The maximum atomic E-state index is 11.3. The van der Waals surface area contributed by atoms with E-state index in [0.717, 1.165) is 17.7 Å². The van der Waals surface area contributed by atoms with Crippen molar-refractivity contribution in [3.05, 3.63) is 59.2 Å². The molecule has 0 unspecified atom stereocenters. The van der Waals surface area contributed by atoms with Gasteiger partial charge in [-0.25, -0.2) is 4.79 Å². The molecule has 0 radical (unpaired) electrons. The third-order valence-corrected chi connectivity index (χ3v) is 4.22. The molecule has 1 fully saturated rings. The second kappa shape index (κ2) is 7.39. The number of carbonyl (C=O) groups is 1. The first-order chi connectivity index (χ1) is 11.7. The van der Waals surface area contributed by atoms with Gasteiger partial charge < -0.3 is 14.2 Å². The molecule has 4 nitrogen and oxygen atoms in total. The van der Waals surface area contributed by atoms with Gasteiger partial charge >= 0.3 is 6.16 Å². The molecule has 1 aliphatic rings. The number of carbonyl (C=O) groups excluding carboxylic acids is 1. The molecule has 2 aromatic rings. The Bertz CT molecular complexity index is 719. The number of para-hydroxylation sites is 1. The molecule has 0 bridgehead atoms. The van der Waals surface area contributed by atoms with Gasteiger partial charge in [-0.15, -0.1) is 0 Å². The second-order valence-electron chi connectivity index (χ2n) is 5.95. The summed E-state index contributed by atoms with van der Waals surface area (Å²) in [4.78, 5) is 11.3. The van der Waals surface area contributed by atoms with Crippen molar-refractivity contribution in [3.63, 3.8) is 0 Å². The lowest BCUT2D eigenvalue weighted by Gasteiger charge is -2.14. The van der Waals surface area contributed by atoms with Crippen LogP contribution < -0.4 is 9.47 Å². The van der Waals surface area contributed by atoms with Gasteiger partial charge in [0.1, 0.15) is 18.1 Å². The molecule has 4 heteroatoms. The number of hydrogen-bond donors (Lipinski definition) is 0. The molecule has 2 aromatic carbocycles. The van der Waals surface area contributed by atoms with E-state index in [9.17, 15) is 4.79 Å². The third kappa shape index (κ3) is 3.88. The summed E-state index contributed by atoms with van der Waals surface area (Å²) in [5.41, 5.74) is 3.43. The fourth-order valence-electron chi connectivity index (χ4n) is 2.67. The molecule has 0 aromatic heterocycles. The van der Waals surface area contributed by atoms with Gasteiger partial charge in [-0.2, -0.15) is 0 Å². The van der Waals surface area contributed by atoms with E-state index in [2.05, 4.69) is 29.9 Å². The molecule has 3 rings (SSSR count). The van der Waals surface area contributed by atoms with Crippen molar-refractivity contribution in [2.24, 2.45) is 0 Å². The van der Waals surface area contributed by atoms with Crippen LogP contribution in [0.3, 0.4) is 0 Å². The molecule has 0 aliphatic heterocycles. The van der Waals surface area contributed by atoms with E-state index >= 15 is 0 Å². The zero-order chi connectivity index (χ0) is 16.9. The van der Waals surface area contributed by atoms with Gasteiger partial charge in [-0.3, -0.25) is 0 Å². The molecule has 0 spiro atoms. The van der Waals surface area contributed by atoms with Gasteiger partial charge in [0.2, 0.25) is 0 Å². The predicted octanol–water partition coefficient (Wildman–Crippen LogP) is 4.85. The largest absolute Gasteiger partial charge is 0.513 e. The minimum Gasteiger partial charge on any atom is -0.488 e. The van der Waals surface area contributed by atoms with E-state index in [1.54, 1.807) is 6.07 Å². The smallest absolute Gasteiger partial charge is 0.488 e. The number of ether oxygens (including phenoxy) is 3. The molecule has 0 heterocycles. The minimum atomic E-state index is -0.728. The Balaban J connectivity index is 1.75. The highest BCUT2D eigenvalue weighted by molar-refractivity contribution is 5.64. The van der Waals surface area contributed by atoms with Crippen molar-refractivity contribution in [1.82, 2.24) is 0 Å². The summed E-state index contributed by atoms with van der Waals surface area (Å²) < 4.78 is 15.8. The maximum Gasteiger partial charge on any atom is 0.513 e. The van der Waals surface area contributed by atoms with Crippen LogP contribution in [0.5, 0.6) is 11.5 Å². The Kier molecular flexibility index (Phi) is 5.04. The summed E-state index contributed by atoms with van der Waals surface area (Å²) in [5.74, 6) is 2.00. The molecule has 0 atom stereocenters. The van der Waals surface area contributed by atoms with E-state index in [0.29, 0.717) is 18.3 Å². The van der Waals surface area contributed by atoms with E-state index in [-0.39, 0.29) is 0 Å². The lowest BCUT2D eigenvalue weighted by Crippen LogP contribution is -2.10. The van der Waals surface area contributed by atoms with Crippen LogP contribution in [0.2, 0.25) is 0 Å². The first-order valence-corrected chi connectivity index (χ1v) is 8.30. The van der Waals surface area contributed by atoms with E-state index in [4.69, 9.17) is 9.47 Å². The van der Waals surface area contributed by atoms with Crippen LogP contribution in [-0.2, 0) is 17.8 Å². The topological polar surface area (TPSA) is 44.8 Å². The van der Waals surface area contributed by atoms with Crippen LogP contribution in [0.4, 0.5) is 4.79 Å². The number of benzene rings is 2. The monoisotopic (exact) mass is 326 g/mol. The summed E-state index contributed by atoms with van der Waals surface area (Å²) in [7, 11) is 1.29. The summed E-state index contributed by atoms with van der Waals surface area (Å²) in [5, 5.41) is 0. The van der Waals surface area contributed by atoms with Crippen LogP contribution in [0.1, 0.15) is 42.4 Å². The first-order valence-electron chi connectivity index (χ1n) is 8.30. The van der Waals surface area contributed by atoms with Crippen molar-refractivity contribution < 1.29 is 19.0 Å². The highest BCUT2D eigenvalue weighted by atomic mass is 16.7. The Morgan fingerprint density at radius 2 is 1.92 bits per heavy atom. The molecule has 1 aliphatic carbocycles. The van der Waals surface area contributed by atoms with E-state index in [1.165, 1.54) is 31.1 Å². The van der Waals surface area contributed by atoms with Gasteiger partial charge in [0.25, 0.3) is 0 Å². The Morgan fingerprint density at radius 1 is 1.12 bits per heavy atom. The highest BCUT2D eigenvalue weighted by Gasteiger charge is 2.27. The van der Waals surface area contributed by atoms with Crippen molar-refractivity contribution >= 4 is 6.16 Å². The normalized spacial score (nSPS) is 13.4. The zero-order valence-electron chi connectivity index (χ0n) is 14.1. The van der Waals surface area contributed by atoms with Gasteiger partial charge in [0, 0.05) is 5.56 Å². The van der Waals surface area contributed by atoms with Gasteiger partial charge in [-0.05, 0) is 48.4 Å². The van der Waals surface area contributed by atoms with Crippen LogP contribution in [0, 0.1) is 0 Å². The molecule has 0 saturated heterocycles. The average Bonchev–Trinajstić information content (AvgIpc) is 3.45. The van der Waals surface area contributed by atoms with Crippen molar-refractivity contribution in [2.45, 2.75) is 38.7 Å². The average molecular weight is 326 g/mol. The lowest BCUT2D eigenvalue weighted by atomic mass is 10.0. The van der Waals surface area contributed by atoms with Gasteiger partial charge in [0.15, 0.2) is 0 Å². The van der Waals surface area contributed by atoms with Crippen molar-refractivity contribution in [3.8, 4) is 11.5 Å². The maximum absolute atomic E-state index is 11.3. The third-order valence-electron chi connectivity index (χ3n) is 4.22. The second-order valence-corrected chi connectivity index (χ2v) is 5.95. The summed E-state index contributed by atoms with van der Waals surface area (Å²) in [6.45, 7) is 2.51. The van der Waals surface area contributed by atoms with Gasteiger partial charge in [-0.1, -0.05) is 37.3 Å². The summed E-state index contributed by atoms with van der Waals surface area (Å²) in [6, 6.07) is 13.7. The molecular weight excluding hydrogens is 304 g/mol. The Morgan fingerprint density at radius 3 is 2.62 bits per heavy atom. The Labute approximate surface area is 142 Å². The summed E-state index contributed by atoms with van der Waals surface area (Å²) >= 11 is 0. The molecule has 24 heavy (non-hydrogen) atoms. The van der Waals surface area contributed by atoms with Crippen LogP contribution in [0.25, 0.3) is 0 Å². The molecule has 0 N–H and O–H groups in total. The zero-order valence-corrected chi connectivity index (χ0v) is 14.1. The summed E-state index contributed by atoms with van der Waals surface area (Å²) in [6.07, 6.45) is 2.75. The molecule has 126 valence electrons. The van der Waals surface area contributed by atoms with Crippen LogP contribution in [-0.4, -0.2) is 13.3 Å². The quantitative estimate of drug-likeness (QED) is 0.562. The number of aryl methyl sites for hydroxylation is 1. The Hall–Kier alpha value is -2.49. The van der Waals surface area contributed by atoms with E-state index in [1.807, 2.05) is 18.2 Å². The number of hydrogen-bond acceptors (Lipinski definition) is 4. The molecule has 0 amide bonds. The predicted molar refractivity (Wildman–Crippen MR) is 91.6 cm³/mol. The minimum absolute atomic E-state index is 0.346. The molecule has 1 saturated carbocycles. The van der Waals surface area contributed by atoms with Gasteiger partial charge in [0.05, 0.1) is 7.11 Å². The van der Waals surface area contributed by atoms with Crippen molar-refractivity contribution in [1.29, 1.82) is 0 Å². The van der Waals surface area contributed by atoms with E-state index < -0.39 is 6.16 Å². The number of methoxy groups -OCH3 is 1. The fraction of sp³-hybridized carbons (Fsp3) is 0.350. The molecular formula is C20H22O4. The highest BCUT2D eigenvalue weighted by Crippen LogP contribution is 2.45. The number of rotatable bonds is 6.